The lowest BCUT2D eigenvalue weighted by atomic mass is 9.69. The van der Waals surface area contributed by atoms with Crippen molar-refractivity contribution in [1.82, 2.24) is 0 Å². The van der Waals surface area contributed by atoms with Crippen LogP contribution in [0, 0.1) is 5.41 Å². The Morgan fingerprint density at radius 2 is 1.83 bits per heavy atom. The summed E-state index contributed by atoms with van der Waals surface area (Å²) in [5, 5.41) is 11.8. The highest BCUT2D eigenvalue weighted by Gasteiger charge is 2.48. The molecule has 2 aromatic carbocycles. The standard InChI is InChI=1S/C20H24O4/c1-14(23-2)20(12-10-16(21)11-13-20)19(22)24-18-9-5-7-15-6-3-4-8-17(15)18/h3-9,14,16,21H,10-13H2,1-2H3. The maximum atomic E-state index is 13.1. The van der Waals surface area contributed by atoms with Crippen LogP contribution in [0.4, 0.5) is 0 Å². The highest BCUT2D eigenvalue weighted by atomic mass is 16.5. The van der Waals surface area contributed by atoms with E-state index in [4.69, 9.17) is 9.47 Å². The van der Waals surface area contributed by atoms with Crippen LogP contribution < -0.4 is 4.74 Å². The van der Waals surface area contributed by atoms with Gasteiger partial charge in [-0.3, -0.25) is 4.79 Å². The van der Waals surface area contributed by atoms with Crippen molar-refractivity contribution < 1.29 is 19.4 Å². The number of benzene rings is 2. The summed E-state index contributed by atoms with van der Waals surface area (Å²) in [6.45, 7) is 1.90. The number of ether oxygens (including phenoxy) is 2. The minimum atomic E-state index is -0.703. The molecule has 0 amide bonds. The predicted molar refractivity (Wildman–Crippen MR) is 93.0 cm³/mol. The molecule has 4 heteroatoms. The fraction of sp³-hybridized carbons (Fsp3) is 0.450. The molecule has 0 spiro atoms. The number of aliphatic hydroxyl groups excluding tert-OH is 1. The van der Waals surface area contributed by atoms with E-state index in [9.17, 15) is 9.90 Å². The molecular formula is C20H24O4. The number of methoxy groups -OCH3 is 1. The average Bonchev–Trinajstić information content (AvgIpc) is 2.62. The number of carbonyl (C=O) groups excluding carboxylic acids is 1. The van der Waals surface area contributed by atoms with Gasteiger partial charge in [-0.2, -0.15) is 0 Å². The number of carbonyl (C=O) groups is 1. The summed E-state index contributed by atoms with van der Waals surface area (Å²) in [4.78, 5) is 13.1. The zero-order valence-corrected chi connectivity index (χ0v) is 14.2. The molecule has 4 nitrogen and oxygen atoms in total. The van der Waals surface area contributed by atoms with Crippen LogP contribution in [0.1, 0.15) is 32.6 Å². The summed E-state index contributed by atoms with van der Waals surface area (Å²) in [5.74, 6) is 0.312. The third kappa shape index (κ3) is 3.04. The van der Waals surface area contributed by atoms with Crippen LogP contribution in [0.5, 0.6) is 5.75 Å². The first-order valence-corrected chi connectivity index (χ1v) is 8.48. The molecule has 24 heavy (non-hydrogen) atoms. The lowest BCUT2D eigenvalue weighted by Crippen LogP contribution is -2.47. The SMILES string of the molecule is COC(C)C1(C(=O)Oc2cccc3ccccc23)CCC(O)CC1. The zero-order chi connectivity index (χ0) is 17.2. The molecule has 2 aromatic rings. The Balaban J connectivity index is 1.91. The van der Waals surface area contributed by atoms with Gasteiger partial charge in [-0.05, 0) is 44.1 Å². The largest absolute Gasteiger partial charge is 0.425 e. The highest BCUT2D eigenvalue weighted by molar-refractivity contribution is 5.91. The van der Waals surface area contributed by atoms with E-state index < -0.39 is 5.41 Å². The molecule has 1 saturated carbocycles. The molecule has 0 saturated heterocycles. The molecule has 128 valence electrons. The summed E-state index contributed by atoms with van der Waals surface area (Å²) < 4.78 is 11.3. The highest BCUT2D eigenvalue weighted by Crippen LogP contribution is 2.42. The first-order chi connectivity index (χ1) is 11.6. The second-order valence-electron chi connectivity index (χ2n) is 6.63. The second kappa shape index (κ2) is 6.91. The van der Waals surface area contributed by atoms with Gasteiger partial charge in [0.05, 0.1) is 17.6 Å². The second-order valence-corrected chi connectivity index (χ2v) is 6.63. The van der Waals surface area contributed by atoms with E-state index in [0.29, 0.717) is 31.4 Å². The van der Waals surface area contributed by atoms with E-state index >= 15 is 0 Å². The van der Waals surface area contributed by atoms with Crippen molar-refractivity contribution in [3.63, 3.8) is 0 Å². The molecule has 3 rings (SSSR count). The third-order valence-corrected chi connectivity index (χ3v) is 5.34. The lowest BCUT2D eigenvalue weighted by Gasteiger charge is -2.40. The van der Waals surface area contributed by atoms with E-state index in [1.54, 1.807) is 7.11 Å². The van der Waals surface area contributed by atoms with Crippen LogP contribution in [-0.4, -0.2) is 30.4 Å². The molecule has 1 N–H and O–H groups in total. The molecule has 0 heterocycles. The Labute approximate surface area is 142 Å². The van der Waals surface area contributed by atoms with Crippen molar-refractivity contribution in [2.45, 2.75) is 44.8 Å². The molecule has 1 aliphatic carbocycles. The van der Waals surface area contributed by atoms with E-state index in [1.807, 2.05) is 49.4 Å². The van der Waals surface area contributed by atoms with Gasteiger partial charge < -0.3 is 14.6 Å². The molecular weight excluding hydrogens is 304 g/mol. The summed E-state index contributed by atoms with van der Waals surface area (Å²) in [6.07, 6.45) is 1.75. The van der Waals surface area contributed by atoms with E-state index in [1.165, 1.54) is 0 Å². The van der Waals surface area contributed by atoms with Gasteiger partial charge in [0.2, 0.25) is 0 Å². The fourth-order valence-electron chi connectivity index (χ4n) is 3.61. The fourth-order valence-corrected chi connectivity index (χ4v) is 3.61. The number of esters is 1. The Morgan fingerprint density at radius 3 is 2.54 bits per heavy atom. The molecule has 0 aromatic heterocycles. The van der Waals surface area contributed by atoms with Gasteiger partial charge in [0.1, 0.15) is 5.75 Å². The minimum Gasteiger partial charge on any atom is -0.425 e. The molecule has 0 radical (unpaired) electrons. The quantitative estimate of drug-likeness (QED) is 0.687. The topological polar surface area (TPSA) is 55.8 Å². The summed E-state index contributed by atoms with van der Waals surface area (Å²) in [6, 6.07) is 13.6. The van der Waals surface area contributed by atoms with Crippen LogP contribution in [-0.2, 0) is 9.53 Å². The minimum absolute atomic E-state index is 0.257. The van der Waals surface area contributed by atoms with Gasteiger partial charge in [0.25, 0.3) is 0 Å². The van der Waals surface area contributed by atoms with Crippen LogP contribution in [0.25, 0.3) is 10.8 Å². The molecule has 0 bridgehead atoms. The maximum absolute atomic E-state index is 13.1. The molecule has 1 atom stereocenters. The summed E-state index contributed by atoms with van der Waals surface area (Å²) in [7, 11) is 1.61. The van der Waals surface area contributed by atoms with Crippen molar-refractivity contribution in [3.8, 4) is 5.75 Å². The molecule has 1 unspecified atom stereocenters. The van der Waals surface area contributed by atoms with Crippen molar-refractivity contribution in [2.75, 3.05) is 7.11 Å². The number of hydrogen-bond acceptors (Lipinski definition) is 4. The van der Waals surface area contributed by atoms with E-state index in [2.05, 4.69) is 0 Å². The normalized spacial score (nSPS) is 25.4. The van der Waals surface area contributed by atoms with Gasteiger partial charge in [0, 0.05) is 12.5 Å². The number of fused-ring (bicyclic) bond motifs is 1. The summed E-state index contributed by atoms with van der Waals surface area (Å²) in [5.41, 5.74) is -0.703. The number of hydrogen-bond donors (Lipinski definition) is 1. The average molecular weight is 328 g/mol. The Morgan fingerprint density at radius 1 is 1.17 bits per heavy atom. The van der Waals surface area contributed by atoms with Crippen molar-refractivity contribution in [2.24, 2.45) is 5.41 Å². The van der Waals surface area contributed by atoms with Crippen LogP contribution in [0.3, 0.4) is 0 Å². The smallest absolute Gasteiger partial charge is 0.320 e. The van der Waals surface area contributed by atoms with Gasteiger partial charge in [0.15, 0.2) is 0 Å². The van der Waals surface area contributed by atoms with Crippen molar-refractivity contribution >= 4 is 16.7 Å². The van der Waals surface area contributed by atoms with Crippen molar-refractivity contribution in [1.29, 1.82) is 0 Å². The van der Waals surface area contributed by atoms with E-state index in [0.717, 1.165) is 10.8 Å². The lowest BCUT2D eigenvalue weighted by molar-refractivity contribution is -0.159. The first-order valence-electron chi connectivity index (χ1n) is 8.48. The van der Waals surface area contributed by atoms with Crippen LogP contribution in [0.15, 0.2) is 42.5 Å². The van der Waals surface area contributed by atoms with Crippen LogP contribution >= 0.6 is 0 Å². The maximum Gasteiger partial charge on any atom is 0.320 e. The number of rotatable bonds is 4. The predicted octanol–water partition coefficient (Wildman–Crippen LogP) is 3.70. The third-order valence-electron chi connectivity index (χ3n) is 5.34. The van der Waals surface area contributed by atoms with Gasteiger partial charge in [-0.1, -0.05) is 36.4 Å². The molecule has 0 aliphatic heterocycles. The Hall–Kier alpha value is -1.91. The van der Waals surface area contributed by atoms with Gasteiger partial charge in [-0.25, -0.2) is 0 Å². The Kier molecular flexibility index (Phi) is 4.88. The summed E-state index contributed by atoms with van der Waals surface area (Å²) >= 11 is 0. The van der Waals surface area contributed by atoms with E-state index in [-0.39, 0.29) is 18.2 Å². The Bertz CT molecular complexity index is 711. The zero-order valence-electron chi connectivity index (χ0n) is 14.2. The van der Waals surface area contributed by atoms with Crippen molar-refractivity contribution in [3.05, 3.63) is 42.5 Å². The van der Waals surface area contributed by atoms with Crippen LogP contribution in [0.2, 0.25) is 0 Å². The van der Waals surface area contributed by atoms with Gasteiger partial charge >= 0.3 is 5.97 Å². The first kappa shape index (κ1) is 16.9. The monoisotopic (exact) mass is 328 g/mol. The van der Waals surface area contributed by atoms with Gasteiger partial charge in [-0.15, -0.1) is 0 Å². The number of aliphatic hydroxyl groups is 1. The molecule has 1 fully saturated rings. The molecule has 1 aliphatic rings.